The largest absolute Gasteiger partial charge is 0.507 e. The quantitative estimate of drug-likeness (QED) is 0.215. The fourth-order valence-corrected chi connectivity index (χ4v) is 4.47. The van der Waals surface area contributed by atoms with Gasteiger partial charge in [0, 0.05) is 23.4 Å². The number of hydrogen-bond acceptors (Lipinski definition) is 4. The number of ether oxygens (including phenoxy) is 1. The van der Waals surface area contributed by atoms with E-state index in [0.717, 1.165) is 18.4 Å². The number of phenolic OH excluding ortho intramolecular Hbond substituents is 2. The predicted octanol–water partition coefficient (Wildman–Crippen LogP) is 8.85. The zero-order chi connectivity index (χ0) is 28.1. The number of phenols is 2. The van der Waals surface area contributed by atoms with Crippen LogP contribution in [0.25, 0.3) is 16.7 Å². The maximum absolute atomic E-state index is 13.2. The van der Waals surface area contributed by atoms with Gasteiger partial charge in [-0.05, 0) is 98.0 Å². The van der Waals surface area contributed by atoms with Gasteiger partial charge in [-0.25, -0.2) is 4.39 Å². The number of aryl methyl sites for hydroxylation is 1. The lowest BCUT2D eigenvalue weighted by Gasteiger charge is -2.14. The number of anilines is 1. The maximum Gasteiger partial charge on any atom is 0.255 e. The van der Waals surface area contributed by atoms with Crippen molar-refractivity contribution in [3.8, 4) is 34.1 Å². The van der Waals surface area contributed by atoms with Crippen molar-refractivity contribution in [2.24, 2.45) is 0 Å². The number of nitrogens with one attached hydrogen (secondary N) is 1. The molecule has 5 nitrogen and oxygen atoms in total. The SMILES string of the molecule is CCC/C(C)=C(/C)c1cc(Oc2ccc(C(=O)Nc3cc(O)c(-c4ccc(F)cc4)c(O)c3)cc2)ccc1C. The van der Waals surface area contributed by atoms with E-state index in [9.17, 15) is 19.4 Å². The molecular weight excluding hydrogens is 493 g/mol. The molecule has 0 saturated heterocycles. The standard InChI is InChI=1S/C33H32FNO4/c1-5-6-20(2)22(4)29-19-28(14-7-21(29)3)39-27-15-10-24(11-16-27)33(38)35-26-17-30(36)32(31(37)18-26)23-8-12-25(34)13-9-23/h7-19,36-37H,5-6H2,1-4H3,(H,35,38)/b22-20-. The highest BCUT2D eigenvalue weighted by Crippen LogP contribution is 2.40. The first-order chi connectivity index (χ1) is 18.7. The van der Waals surface area contributed by atoms with Gasteiger partial charge in [0.25, 0.3) is 5.91 Å². The lowest BCUT2D eigenvalue weighted by molar-refractivity contribution is 0.102. The van der Waals surface area contributed by atoms with Gasteiger partial charge in [-0.2, -0.15) is 0 Å². The Kier molecular flexibility index (Phi) is 8.35. The molecule has 0 aliphatic heterocycles. The lowest BCUT2D eigenvalue weighted by atomic mass is 9.96. The number of amides is 1. The van der Waals surface area contributed by atoms with Gasteiger partial charge >= 0.3 is 0 Å². The first kappa shape index (κ1) is 27.5. The van der Waals surface area contributed by atoms with Crippen molar-refractivity contribution in [2.75, 3.05) is 5.32 Å². The molecule has 1 amide bonds. The Balaban J connectivity index is 1.47. The summed E-state index contributed by atoms with van der Waals surface area (Å²) >= 11 is 0. The average molecular weight is 526 g/mol. The molecule has 0 atom stereocenters. The molecule has 0 aromatic heterocycles. The summed E-state index contributed by atoms with van der Waals surface area (Å²) < 4.78 is 19.3. The second kappa shape index (κ2) is 11.9. The summed E-state index contributed by atoms with van der Waals surface area (Å²) in [7, 11) is 0. The molecule has 3 N–H and O–H groups in total. The van der Waals surface area contributed by atoms with Crippen molar-refractivity contribution >= 4 is 17.2 Å². The number of allylic oxidation sites excluding steroid dienone is 2. The molecule has 0 spiro atoms. The van der Waals surface area contributed by atoms with Gasteiger partial charge in [-0.1, -0.05) is 37.1 Å². The summed E-state index contributed by atoms with van der Waals surface area (Å²) in [6.07, 6.45) is 2.15. The number of halogens is 1. The van der Waals surface area contributed by atoms with Crippen LogP contribution in [-0.4, -0.2) is 16.1 Å². The molecule has 6 heteroatoms. The minimum atomic E-state index is -0.425. The van der Waals surface area contributed by atoms with Crippen molar-refractivity contribution in [3.63, 3.8) is 0 Å². The Morgan fingerprint density at radius 3 is 2.10 bits per heavy atom. The Hall–Kier alpha value is -4.58. The van der Waals surface area contributed by atoms with Crippen LogP contribution in [0.15, 0.2) is 84.4 Å². The minimum Gasteiger partial charge on any atom is -0.507 e. The van der Waals surface area contributed by atoms with Crippen LogP contribution in [0, 0.1) is 12.7 Å². The molecule has 4 rings (SSSR count). The third kappa shape index (κ3) is 6.47. The molecule has 0 saturated carbocycles. The highest BCUT2D eigenvalue weighted by Gasteiger charge is 2.15. The van der Waals surface area contributed by atoms with Crippen molar-refractivity contribution in [1.29, 1.82) is 0 Å². The summed E-state index contributed by atoms with van der Waals surface area (Å²) in [5, 5.41) is 23.6. The second-order valence-electron chi connectivity index (χ2n) is 9.61. The van der Waals surface area contributed by atoms with Crippen LogP contribution in [0.4, 0.5) is 10.1 Å². The molecule has 0 unspecified atom stereocenters. The van der Waals surface area contributed by atoms with E-state index in [2.05, 4.69) is 33.0 Å². The molecule has 39 heavy (non-hydrogen) atoms. The first-order valence-electron chi connectivity index (χ1n) is 12.8. The van der Waals surface area contributed by atoms with Gasteiger partial charge in [0.1, 0.15) is 28.8 Å². The molecule has 0 heterocycles. The van der Waals surface area contributed by atoms with Gasteiger partial charge in [0.15, 0.2) is 0 Å². The van der Waals surface area contributed by atoms with Crippen LogP contribution >= 0.6 is 0 Å². The van der Waals surface area contributed by atoms with Crippen LogP contribution in [0.3, 0.4) is 0 Å². The van der Waals surface area contributed by atoms with Crippen LogP contribution in [-0.2, 0) is 0 Å². The molecule has 0 radical (unpaired) electrons. The van der Waals surface area contributed by atoms with Gasteiger partial charge in [-0.3, -0.25) is 4.79 Å². The maximum atomic E-state index is 13.2. The molecule has 0 bridgehead atoms. The Morgan fingerprint density at radius 1 is 0.872 bits per heavy atom. The average Bonchev–Trinajstić information content (AvgIpc) is 2.90. The van der Waals surface area contributed by atoms with E-state index < -0.39 is 11.7 Å². The molecular formula is C33H32FNO4. The van der Waals surface area contributed by atoms with Gasteiger partial charge in [0.2, 0.25) is 0 Å². The summed E-state index contributed by atoms with van der Waals surface area (Å²) in [6, 6.07) is 20.8. The Labute approximate surface area is 228 Å². The zero-order valence-corrected chi connectivity index (χ0v) is 22.5. The predicted molar refractivity (Wildman–Crippen MR) is 154 cm³/mol. The fourth-order valence-electron chi connectivity index (χ4n) is 4.47. The van der Waals surface area contributed by atoms with Crippen LogP contribution in [0.2, 0.25) is 0 Å². The van der Waals surface area contributed by atoms with E-state index >= 15 is 0 Å². The molecule has 200 valence electrons. The van der Waals surface area contributed by atoms with E-state index in [1.165, 1.54) is 53.1 Å². The summed E-state index contributed by atoms with van der Waals surface area (Å²) in [5.74, 6) is -0.0249. The number of benzene rings is 4. The number of hydrogen-bond donors (Lipinski definition) is 3. The first-order valence-corrected chi connectivity index (χ1v) is 12.8. The van der Waals surface area contributed by atoms with Crippen molar-refractivity contribution in [2.45, 2.75) is 40.5 Å². The minimum absolute atomic E-state index is 0.153. The van der Waals surface area contributed by atoms with Crippen LogP contribution in [0.1, 0.15) is 55.1 Å². The number of carbonyl (C=O) groups excluding carboxylic acids is 1. The normalized spacial score (nSPS) is 11.6. The van der Waals surface area contributed by atoms with E-state index in [-0.39, 0.29) is 22.7 Å². The van der Waals surface area contributed by atoms with Crippen molar-refractivity contribution in [1.82, 2.24) is 0 Å². The fraction of sp³-hybridized carbons (Fsp3) is 0.182. The second-order valence-corrected chi connectivity index (χ2v) is 9.61. The summed E-state index contributed by atoms with van der Waals surface area (Å²) in [6.45, 7) is 8.57. The monoisotopic (exact) mass is 525 g/mol. The third-order valence-electron chi connectivity index (χ3n) is 6.72. The molecule has 0 aliphatic rings. The van der Waals surface area contributed by atoms with Gasteiger partial charge < -0.3 is 20.3 Å². The Bertz CT molecular complexity index is 1500. The van der Waals surface area contributed by atoms with E-state index in [4.69, 9.17) is 4.74 Å². The Morgan fingerprint density at radius 2 is 1.49 bits per heavy atom. The van der Waals surface area contributed by atoms with Gasteiger partial charge in [-0.15, -0.1) is 0 Å². The highest BCUT2D eigenvalue weighted by molar-refractivity contribution is 6.04. The van der Waals surface area contributed by atoms with Crippen LogP contribution < -0.4 is 10.1 Å². The molecule has 4 aromatic carbocycles. The number of aromatic hydroxyl groups is 2. The van der Waals surface area contributed by atoms with Crippen molar-refractivity contribution in [3.05, 3.63) is 107 Å². The topological polar surface area (TPSA) is 78.8 Å². The molecule has 4 aromatic rings. The highest BCUT2D eigenvalue weighted by atomic mass is 19.1. The number of rotatable bonds is 8. The van der Waals surface area contributed by atoms with E-state index in [0.29, 0.717) is 22.6 Å². The molecule has 0 aliphatic carbocycles. The van der Waals surface area contributed by atoms with Crippen molar-refractivity contribution < 1.29 is 24.1 Å². The number of carbonyl (C=O) groups is 1. The lowest BCUT2D eigenvalue weighted by Crippen LogP contribution is -2.11. The van der Waals surface area contributed by atoms with Crippen LogP contribution in [0.5, 0.6) is 23.0 Å². The van der Waals surface area contributed by atoms with E-state index in [1.807, 2.05) is 18.2 Å². The summed E-state index contributed by atoms with van der Waals surface area (Å²) in [4.78, 5) is 12.8. The third-order valence-corrected chi connectivity index (χ3v) is 6.72. The van der Waals surface area contributed by atoms with E-state index in [1.54, 1.807) is 24.3 Å². The summed E-state index contributed by atoms with van der Waals surface area (Å²) in [5.41, 5.74) is 6.16. The zero-order valence-electron chi connectivity index (χ0n) is 22.5. The smallest absolute Gasteiger partial charge is 0.255 e. The molecule has 0 fully saturated rings. The van der Waals surface area contributed by atoms with Gasteiger partial charge in [0.05, 0.1) is 5.56 Å².